The zero-order chi connectivity index (χ0) is 25.5. The van der Waals surface area contributed by atoms with Crippen molar-refractivity contribution in [3.05, 3.63) is 127 Å². The van der Waals surface area contributed by atoms with Crippen molar-refractivity contribution >= 4 is 65.7 Å². The molecule has 3 nitrogen and oxygen atoms in total. The van der Waals surface area contributed by atoms with E-state index in [0.29, 0.717) is 0 Å². The molecule has 0 bridgehead atoms. The summed E-state index contributed by atoms with van der Waals surface area (Å²) in [7, 11) is 0. The lowest BCUT2D eigenvalue weighted by atomic mass is 9.95. The number of aromatic nitrogens is 1. The number of furan rings is 2. The molecule has 182 valence electrons. The van der Waals surface area contributed by atoms with E-state index in [1.807, 2.05) is 18.2 Å². The third-order valence-corrected chi connectivity index (χ3v) is 8.02. The van der Waals surface area contributed by atoms with Gasteiger partial charge in [0.15, 0.2) is 5.58 Å². The molecule has 0 amide bonds. The maximum absolute atomic E-state index is 6.70. The zero-order valence-electron chi connectivity index (χ0n) is 20.9. The summed E-state index contributed by atoms with van der Waals surface area (Å²) in [6, 6.07) is 44.6. The molecular formula is C36H21NO2. The van der Waals surface area contributed by atoms with Crippen LogP contribution in [-0.4, -0.2) is 4.57 Å². The second kappa shape index (κ2) is 7.62. The largest absolute Gasteiger partial charge is 0.456 e. The summed E-state index contributed by atoms with van der Waals surface area (Å²) in [5, 5.41) is 6.95. The van der Waals surface area contributed by atoms with Gasteiger partial charge in [0.25, 0.3) is 0 Å². The van der Waals surface area contributed by atoms with Gasteiger partial charge >= 0.3 is 0 Å². The van der Waals surface area contributed by atoms with E-state index in [4.69, 9.17) is 8.83 Å². The Morgan fingerprint density at radius 2 is 0.897 bits per heavy atom. The second-order valence-electron chi connectivity index (χ2n) is 10.1. The quantitative estimate of drug-likeness (QED) is 0.237. The van der Waals surface area contributed by atoms with E-state index < -0.39 is 0 Å². The molecular weight excluding hydrogens is 478 g/mol. The van der Waals surface area contributed by atoms with Crippen molar-refractivity contribution in [2.45, 2.75) is 0 Å². The SMILES string of the molecule is c1ccc2c(c1)oc1cccc(-c3cccc4oc5c(-n6c7ccccc7c7ccccc76)cccc5c34)c12. The van der Waals surface area contributed by atoms with Crippen LogP contribution in [0.2, 0.25) is 0 Å². The van der Waals surface area contributed by atoms with Gasteiger partial charge in [0.2, 0.25) is 0 Å². The lowest BCUT2D eigenvalue weighted by Gasteiger charge is -2.09. The Hall–Kier alpha value is -5.28. The minimum atomic E-state index is 0.875. The first-order valence-corrected chi connectivity index (χ1v) is 13.2. The first-order valence-electron chi connectivity index (χ1n) is 13.2. The van der Waals surface area contributed by atoms with Crippen molar-refractivity contribution in [2.24, 2.45) is 0 Å². The molecule has 0 saturated carbocycles. The van der Waals surface area contributed by atoms with E-state index in [1.165, 1.54) is 21.8 Å². The summed E-state index contributed by atoms with van der Waals surface area (Å²) in [5.41, 5.74) is 9.22. The summed E-state index contributed by atoms with van der Waals surface area (Å²) in [4.78, 5) is 0. The van der Waals surface area contributed by atoms with Crippen molar-refractivity contribution < 1.29 is 8.83 Å². The van der Waals surface area contributed by atoms with Crippen LogP contribution in [0.5, 0.6) is 0 Å². The van der Waals surface area contributed by atoms with Crippen LogP contribution in [0.1, 0.15) is 0 Å². The van der Waals surface area contributed by atoms with E-state index in [9.17, 15) is 0 Å². The van der Waals surface area contributed by atoms with Crippen LogP contribution in [-0.2, 0) is 0 Å². The molecule has 0 aliphatic carbocycles. The minimum Gasteiger partial charge on any atom is -0.456 e. The monoisotopic (exact) mass is 499 g/mol. The Balaban J connectivity index is 1.40. The van der Waals surface area contributed by atoms with Crippen molar-refractivity contribution in [3.63, 3.8) is 0 Å². The van der Waals surface area contributed by atoms with Crippen LogP contribution in [0, 0.1) is 0 Å². The topological polar surface area (TPSA) is 31.2 Å². The smallest absolute Gasteiger partial charge is 0.159 e. The van der Waals surface area contributed by atoms with Gasteiger partial charge in [-0.1, -0.05) is 91.0 Å². The van der Waals surface area contributed by atoms with Crippen molar-refractivity contribution in [3.8, 4) is 16.8 Å². The van der Waals surface area contributed by atoms with Crippen LogP contribution < -0.4 is 0 Å². The molecule has 3 aromatic heterocycles. The number of fused-ring (bicyclic) bond motifs is 9. The molecule has 0 unspecified atom stereocenters. The van der Waals surface area contributed by atoms with Gasteiger partial charge in [-0.25, -0.2) is 0 Å². The fourth-order valence-electron chi connectivity index (χ4n) is 6.41. The third-order valence-electron chi connectivity index (χ3n) is 8.02. The van der Waals surface area contributed by atoms with E-state index in [0.717, 1.165) is 60.7 Å². The van der Waals surface area contributed by atoms with E-state index in [1.54, 1.807) is 0 Å². The Bertz CT molecular complexity index is 2350. The van der Waals surface area contributed by atoms with Gasteiger partial charge in [-0.3, -0.25) is 0 Å². The fourth-order valence-corrected chi connectivity index (χ4v) is 6.41. The maximum Gasteiger partial charge on any atom is 0.159 e. The Kier molecular flexibility index (Phi) is 4.05. The number of rotatable bonds is 2. The van der Waals surface area contributed by atoms with Crippen LogP contribution in [0.4, 0.5) is 0 Å². The molecule has 0 atom stereocenters. The van der Waals surface area contributed by atoms with Gasteiger partial charge in [0.05, 0.1) is 16.7 Å². The maximum atomic E-state index is 6.70. The number of hydrogen-bond acceptors (Lipinski definition) is 2. The summed E-state index contributed by atoms with van der Waals surface area (Å²) >= 11 is 0. The highest BCUT2D eigenvalue weighted by Crippen LogP contribution is 2.44. The first kappa shape index (κ1) is 20.7. The molecule has 9 aromatic rings. The molecule has 0 radical (unpaired) electrons. The average molecular weight is 500 g/mol. The molecule has 0 spiro atoms. The van der Waals surface area contributed by atoms with Gasteiger partial charge in [-0.05, 0) is 47.5 Å². The van der Waals surface area contributed by atoms with Gasteiger partial charge in [0, 0.05) is 32.3 Å². The molecule has 9 rings (SSSR count). The van der Waals surface area contributed by atoms with Crippen LogP contribution in [0.3, 0.4) is 0 Å². The number of para-hydroxylation sites is 4. The molecule has 0 aliphatic heterocycles. The summed E-state index contributed by atoms with van der Waals surface area (Å²) in [6.45, 7) is 0. The third kappa shape index (κ3) is 2.76. The Labute approximate surface area is 223 Å². The molecule has 0 N–H and O–H groups in total. The predicted molar refractivity (Wildman–Crippen MR) is 161 cm³/mol. The lowest BCUT2D eigenvalue weighted by Crippen LogP contribution is -1.94. The summed E-state index contributed by atoms with van der Waals surface area (Å²) in [5.74, 6) is 0. The second-order valence-corrected chi connectivity index (χ2v) is 10.1. The highest BCUT2D eigenvalue weighted by atomic mass is 16.3. The highest BCUT2D eigenvalue weighted by molar-refractivity contribution is 6.20. The minimum absolute atomic E-state index is 0.875. The lowest BCUT2D eigenvalue weighted by molar-refractivity contribution is 0.666. The van der Waals surface area contributed by atoms with Gasteiger partial charge in [0.1, 0.15) is 16.7 Å². The number of nitrogens with zero attached hydrogens (tertiary/aromatic N) is 1. The molecule has 3 heterocycles. The van der Waals surface area contributed by atoms with E-state index in [2.05, 4.69) is 114 Å². The molecule has 0 fully saturated rings. The van der Waals surface area contributed by atoms with Gasteiger partial charge in [-0.15, -0.1) is 0 Å². The van der Waals surface area contributed by atoms with E-state index >= 15 is 0 Å². The Morgan fingerprint density at radius 1 is 0.385 bits per heavy atom. The van der Waals surface area contributed by atoms with Gasteiger partial charge in [-0.2, -0.15) is 0 Å². The number of benzene rings is 6. The predicted octanol–water partition coefficient (Wildman–Crippen LogP) is 10.2. The fraction of sp³-hybridized carbons (Fsp3) is 0. The van der Waals surface area contributed by atoms with E-state index in [-0.39, 0.29) is 0 Å². The number of hydrogen-bond donors (Lipinski definition) is 0. The Morgan fingerprint density at radius 3 is 1.62 bits per heavy atom. The summed E-state index contributed by atoms with van der Waals surface area (Å²) < 4.78 is 15.3. The molecule has 3 heteroatoms. The standard InChI is InChI=1S/C36H21NO2/c1-4-16-28-22(10-1)23-11-2-5-17-29(23)37(28)30-18-7-15-27-35-25(14-9-21-33(35)39-36(27)30)24-13-8-20-32-34(24)26-12-3-6-19-31(26)38-32/h1-21H. The zero-order valence-corrected chi connectivity index (χ0v) is 20.9. The first-order chi connectivity index (χ1) is 19.4. The van der Waals surface area contributed by atoms with Gasteiger partial charge < -0.3 is 13.4 Å². The van der Waals surface area contributed by atoms with Crippen LogP contribution in [0.15, 0.2) is 136 Å². The summed E-state index contributed by atoms with van der Waals surface area (Å²) in [6.07, 6.45) is 0. The van der Waals surface area contributed by atoms with Crippen LogP contribution in [0.25, 0.3) is 82.5 Å². The molecule has 39 heavy (non-hydrogen) atoms. The molecule has 6 aromatic carbocycles. The highest BCUT2D eigenvalue weighted by Gasteiger charge is 2.20. The molecule has 0 saturated heterocycles. The van der Waals surface area contributed by atoms with Crippen molar-refractivity contribution in [2.75, 3.05) is 0 Å². The normalized spacial score (nSPS) is 12.1. The average Bonchev–Trinajstić information content (AvgIpc) is 3.66. The van der Waals surface area contributed by atoms with Crippen LogP contribution >= 0.6 is 0 Å². The van der Waals surface area contributed by atoms with Crippen molar-refractivity contribution in [1.82, 2.24) is 4.57 Å². The molecule has 0 aliphatic rings. The van der Waals surface area contributed by atoms with Crippen molar-refractivity contribution in [1.29, 1.82) is 0 Å².